The van der Waals surface area contributed by atoms with E-state index in [0.717, 1.165) is 32.5 Å². The molecule has 4 nitrogen and oxygen atoms in total. The molecule has 1 aliphatic heterocycles. The zero-order chi connectivity index (χ0) is 16.1. The molecule has 1 aromatic rings. The van der Waals surface area contributed by atoms with Gasteiger partial charge in [0.25, 0.3) is 0 Å². The standard InChI is InChI=1S/C18H29N3O.ClH/c1-13-9-14(2)17(15(3)10-13)12-21-8-4-5-16(11-21)18(22)20-7-6-19;/h9-10,16H,4-8,11-12,19H2,1-3H3,(H,20,22);1H. The second-order valence-corrected chi connectivity index (χ2v) is 6.53. The molecule has 1 aromatic carbocycles. The van der Waals surface area contributed by atoms with E-state index in [4.69, 9.17) is 5.73 Å². The number of carbonyl (C=O) groups is 1. The van der Waals surface area contributed by atoms with Crippen molar-refractivity contribution in [1.82, 2.24) is 10.2 Å². The highest BCUT2D eigenvalue weighted by molar-refractivity contribution is 5.85. The van der Waals surface area contributed by atoms with Crippen LogP contribution in [0, 0.1) is 26.7 Å². The maximum atomic E-state index is 12.1. The third-order valence-electron chi connectivity index (χ3n) is 4.54. The highest BCUT2D eigenvalue weighted by Gasteiger charge is 2.25. The summed E-state index contributed by atoms with van der Waals surface area (Å²) in [5.74, 6) is 0.263. The van der Waals surface area contributed by atoms with Crippen molar-refractivity contribution in [2.45, 2.75) is 40.2 Å². The van der Waals surface area contributed by atoms with Crippen molar-refractivity contribution in [2.75, 3.05) is 26.2 Å². The summed E-state index contributed by atoms with van der Waals surface area (Å²) < 4.78 is 0. The Kier molecular flexibility index (Phi) is 8.03. The fourth-order valence-corrected chi connectivity index (χ4v) is 3.44. The van der Waals surface area contributed by atoms with Crippen LogP contribution in [0.25, 0.3) is 0 Å². The first-order chi connectivity index (χ1) is 10.5. The Bertz CT molecular complexity index is 510. The van der Waals surface area contributed by atoms with E-state index in [1.165, 1.54) is 22.3 Å². The molecule has 130 valence electrons. The van der Waals surface area contributed by atoms with Crippen LogP contribution < -0.4 is 11.1 Å². The summed E-state index contributed by atoms with van der Waals surface area (Å²) in [6.45, 7) is 10.5. The Morgan fingerprint density at radius 1 is 1.30 bits per heavy atom. The summed E-state index contributed by atoms with van der Waals surface area (Å²) in [6, 6.07) is 4.50. The fraction of sp³-hybridized carbons (Fsp3) is 0.611. The molecule has 0 spiro atoms. The first kappa shape index (κ1) is 19.9. The number of nitrogens with zero attached hydrogens (tertiary/aromatic N) is 1. The van der Waals surface area contributed by atoms with Gasteiger partial charge in [-0.2, -0.15) is 0 Å². The topological polar surface area (TPSA) is 58.4 Å². The number of benzene rings is 1. The van der Waals surface area contributed by atoms with Crippen molar-refractivity contribution >= 4 is 18.3 Å². The van der Waals surface area contributed by atoms with Gasteiger partial charge in [-0.15, -0.1) is 12.4 Å². The monoisotopic (exact) mass is 339 g/mol. The summed E-state index contributed by atoms with van der Waals surface area (Å²) in [6.07, 6.45) is 2.07. The first-order valence-corrected chi connectivity index (χ1v) is 8.28. The number of piperidine rings is 1. The minimum atomic E-state index is 0. The van der Waals surface area contributed by atoms with Gasteiger partial charge >= 0.3 is 0 Å². The Labute approximate surface area is 146 Å². The lowest BCUT2D eigenvalue weighted by Gasteiger charge is -2.32. The molecule has 0 aromatic heterocycles. The van der Waals surface area contributed by atoms with Crippen molar-refractivity contribution in [3.05, 3.63) is 34.4 Å². The largest absolute Gasteiger partial charge is 0.355 e. The van der Waals surface area contributed by atoms with Crippen molar-refractivity contribution in [3.63, 3.8) is 0 Å². The number of rotatable bonds is 5. The van der Waals surface area contributed by atoms with Crippen LogP contribution in [0.4, 0.5) is 0 Å². The van der Waals surface area contributed by atoms with Crippen LogP contribution in [0.1, 0.15) is 35.1 Å². The maximum absolute atomic E-state index is 12.1. The smallest absolute Gasteiger partial charge is 0.224 e. The molecular formula is C18H30ClN3O. The Hall–Kier alpha value is -1.10. The SMILES string of the molecule is Cc1cc(C)c(CN2CCCC(C(=O)NCCN)C2)c(C)c1.Cl. The number of nitrogens with two attached hydrogens (primary N) is 1. The molecule has 0 radical (unpaired) electrons. The number of amides is 1. The number of halogens is 1. The summed E-state index contributed by atoms with van der Waals surface area (Å²) in [4.78, 5) is 14.6. The molecule has 1 atom stereocenters. The van der Waals surface area contributed by atoms with E-state index >= 15 is 0 Å². The predicted octanol–water partition coefficient (Wildman–Crippen LogP) is 2.32. The van der Waals surface area contributed by atoms with Gasteiger partial charge in [-0.1, -0.05) is 17.7 Å². The maximum Gasteiger partial charge on any atom is 0.224 e. The average Bonchev–Trinajstić information content (AvgIpc) is 2.48. The quantitative estimate of drug-likeness (QED) is 0.865. The molecular weight excluding hydrogens is 310 g/mol. The Morgan fingerprint density at radius 2 is 1.96 bits per heavy atom. The van der Waals surface area contributed by atoms with Crippen LogP contribution in [0.2, 0.25) is 0 Å². The van der Waals surface area contributed by atoms with Crippen LogP contribution in [0.3, 0.4) is 0 Å². The molecule has 23 heavy (non-hydrogen) atoms. The van der Waals surface area contributed by atoms with Gasteiger partial charge in [0.05, 0.1) is 5.92 Å². The van der Waals surface area contributed by atoms with E-state index in [1.807, 2.05) is 0 Å². The molecule has 1 aliphatic rings. The van der Waals surface area contributed by atoms with E-state index in [-0.39, 0.29) is 24.2 Å². The van der Waals surface area contributed by atoms with Crippen molar-refractivity contribution in [3.8, 4) is 0 Å². The molecule has 1 unspecified atom stereocenters. The number of aryl methyl sites for hydroxylation is 3. The third-order valence-corrected chi connectivity index (χ3v) is 4.54. The van der Waals surface area contributed by atoms with Crippen LogP contribution in [-0.4, -0.2) is 37.0 Å². The summed E-state index contributed by atoms with van der Waals surface area (Å²) >= 11 is 0. The van der Waals surface area contributed by atoms with Crippen molar-refractivity contribution in [1.29, 1.82) is 0 Å². The molecule has 1 fully saturated rings. The fourth-order valence-electron chi connectivity index (χ4n) is 3.44. The highest BCUT2D eigenvalue weighted by atomic mass is 35.5. The summed E-state index contributed by atoms with van der Waals surface area (Å²) in [5, 5.41) is 2.93. The van der Waals surface area contributed by atoms with E-state index in [1.54, 1.807) is 0 Å². The van der Waals surface area contributed by atoms with Gasteiger partial charge in [0.15, 0.2) is 0 Å². The van der Waals surface area contributed by atoms with Crippen LogP contribution in [0.5, 0.6) is 0 Å². The number of hydrogen-bond donors (Lipinski definition) is 2. The molecule has 1 saturated heterocycles. The summed E-state index contributed by atoms with van der Waals surface area (Å²) in [7, 11) is 0. The van der Waals surface area contributed by atoms with Gasteiger partial charge in [0.1, 0.15) is 0 Å². The molecule has 5 heteroatoms. The van der Waals surface area contributed by atoms with E-state index in [9.17, 15) is 4.79 Å². The zero-order valence-corrected chi connectivity index (χ0v) is 15.3. The second-order valence-electron chi connectivity index (χ2n) is 6.53. The van der Waals surface area contributed by atoms with E-state index in [2.05, 4.69) is 43.1 Å². The number of hydrogen-bond acceptors (Lipinski definition) is 3. The van der Waals surface area contributed by atoms with Gasteiger partial charge in [0, 0.05) is 26.2 Å². The highest BCUT2D eigenvalue weighted by Crippen LogP contribution is 2.22. The van der Waals surface area contributed by atoms with Crippen LogP contribution in [-0.2, 0) is 11.3 Å². The van der Waals surface area contributed by atoms with E-state index in [0.29, 0.717) is 13.1 Å². The van der Waals surface area contributed by atoms with Gasteiger partial charge in [-0.3, -0.25) is 9.69 Å². The molecule has 1 heterocycles. The van der Waals surface area contributed by atoms with E-state index < -0.39 is 0 Å². The molecule has 0 saturated carbocycles. The lowest BCUT2D eigenvalue weighted by atomic mass is 9.94. The molecule has 0 aliphatic carbocycles. The molecule has 3 N–H and O–H groups in total. The lowest BCUT2D eigenvalue weighted by molar-refractivity contribution is -0.126. The van der Waals surface area contributed by atoms with Crippen molar-refractivity contribution in [2.24, 2.45) is 11.7 Å². The van der Waals surface area contributed by atoms with Crippen molar-refractivity contribution < 1.29 is 4.79 Å². The first-order valence-electron chi connectivity index (χ1n) is 8.28. The Balaban J connectivity index is 0.00000264. The average molecular weight is 340 g/mol. The lowest BCUT2D eigenvalue weighted by Crippen LogP contribution is -2.43. The second kappa shape index (κ2) is 9.26. The van der Waals surface area contributed by atoms with Gasteiger partial charge in [0.2, 0.25) is 5.91 Å². The number of nitrogens with one attached hydrogen (secondary N) is 1. The van der Waals surface area contributed by atoms with Gasteiger partial charge in [-0.25, -0.2) is 0 Å². The van der Waals surface area contributed by atoms with Gasteiger partial charge < -0.3 is 11.1 Å². The minimum Gasteiger partial charge on any atom is -0.355 e. The predicted molar refractivity (Wildman–Crippen MR) is 98.0 cm³/mol. The Morgan fingerprint density at radius 3 is 2.57 bits per heavy atom. The van der Waals surface area contributed by atoms with Crippen LogP contribution >= 0.6 is 12.4 Å². The number of carbonyl (C=O) groups excluding carboxylic acids is 1. The zero-order valence-electron chi connectivity index (χ0n) is 14.5. The van der Waals surface area contributed by atoms with Crippen LogP contribution in [0.15, 0.2) is 12.1 Å². The number of likely N-dealkylation sites (tertiary alicyclic amines) is 1. The minimum absolute atomic E-state index is 0. The summed E-state index contributed by atoms with van der Waals surface area (Å²) in [5.41, 5.74) is 10.9. The normalized spacial score (nSPS) is 18.3. The third kappa shape index (κ3) is 5.48. The van der Waals surface area contributed by atoms with Gasteiger partial charge in [-0.05, 0) is 56.8 Å². The molecule has 1 amide bonds. The molecule has 2 rings (SSSR count). The molecule has 0 bridgehead atoms.